The summed E-state index contributed by atoms with van der Waals surface area (Å²) in [5.74, 6) is -0.118. The van der Waals surface area contributed by atoms with E-state index < -0.39 is 15.8 Å². The van der Waals surface area contributed by atoms with Crippen LogP contribution >= 0.6 is 0 Å². The largest absolute Gasteiger partial charge is 0.469 e. The predicted molar refractivity (Wildman–Crippen MR) is 60.9 cm³/mol. The fourth-order valence-electron chi connectivity index (χ4n) is 1.83. The van der Waals surface area contributed by atoms with Crippen molar-refractivity contribution in [3.63, 3.8) is 0 Å². The Hall–Kier alpha value is -0.620. The number of piperidine rings is 1. The second-order valence-electron chi connectivity index (χ2n) is 4.13. The highest BCUT2D eigenvalue weighted by atomic mass is 32.2. The first kappa shape index (κ1) is 13.4. The van der Waals surface area contributed by atoms with Gasteiger partial charge in [0, 0.05) is 0 Å². The number of hydrogen-bond acceptors (Lipinski definition) is 5. The fourth-order valence-corrected chi connectivity index (χ4v) is 3.53. The molecule has 0 aliphatic carbocycles. The highest BCUT2D eigenvalue weighted by molar-refractivity contribution is 7.91. The lowest BCUT2D eigenvalue weighted by molar-refractivity contribution is -0.140. The van der Waals surface area contributed by atoms with Crippen molar-refractivity contribution in [1.82, 2.24) is 5.32 Å². The van der Waals surface area contributed by atoms with Gasteiger partial charge in [-0.1, -0.05) is 0 Å². The van der Waals surface area contributed by atoms with Gasteiger partial charge in [0.25, 0.3) is 0 Å². The first-order chi connectivity index (χ1) is 7.53. The second kappa shape index (κ2) is 6.20. The van der Waals surface area contributed by atoms with Crippen molar-refractivity contribution in [2.75, 3.05) is 31.7 Å². The molecule has 0 unspecified atom stereocenters. The molecule has 1 N–H and O–H groups in total. The van der Waals surface area contributed by atoms with Crippen molar-refractivity contribution in [2.24, 2.45) is 5.92 Å². The minimum absolute atomic E-state index is 0.0379. The summed E-state index contributed by atoms with van der Waals surface area (Å²) in [6, 6.07) is 0. The van der Waals surface area contributed by atoms with Gasteiger partial charge < -0.3 is 10.1 Å². The lowest BCUT2D eigenvalue weighted by atomic mass is 10.0. The zero-order chi connectivity index (χ0) is 12.0. The summed E-state index contributed by atoms with van der Waals surface area (Å²) in [7, 11) is -1.85. The third-order valence-corrected chi connectivity index (χ3v) is 4.60. The monoisotopic (exact) mass is 249 g/mol. The number of carbonyl (C=O) groups is 1. The van der Waals surface area contributed by atoms with E-state index in [0.717, 1.165) is 25.9 Å². The van der Waals surface area contributed by atoms with Crippen LogP contribution in [-0.4, -0.2) is 46.1 Å². The van der Waals surface area contributed by atoms with Crippen molar-refractivity contribution >= 4 is 15.8 Å². The lowest BCUT2D eigenvalue weighted by Crippen LogP contribution is -2.32. The molecule has 1 aliphatic heterocycles. The zero-order valence-corrected chi connectivity index (χ0v) is 10.4. The Morgan fingerprint density at radius 3 is 2.56 bits per heavy atom. The van der Waals surface area contributed by atoms with E-state index in [1.54, 1.807) is 0 Å². The number of nitrogens with one attached hydrogen (secondary N) is 1. The van der Waals surface area contributed by atoms with Crippen molar-refractivity contribution < 1.29 is 17.9 Å². The number of hydrogen-bond donors (Lipinski definition) is 1. The van der Waals surface area contributed by atoms with Gasteiger partial charge in [-0.25, -0.2) is 8.42 Å². The molecule has 0 radical (unpaired) electrons. The average Bonchev–Trinajstić information content (AvgIpc) is 2.27. The maximum Gasteiger partial charge on any atom is 0.306 e. The Morgan fingerprint density at radius 2 is 2.00 bits per heavy atom. The van der Waals surface area contributed by atoms with Crippen LogP contribution in [0, 0.1) is 5.92 Å². The predicted octanol–water partition coefficient (Wildman–Crippen LogP) is -0.0361. The number of methoxy groups -OCH3 is 1. The maximum absolute atomic E-state index is 11.7. The van der Waals surface area contributed by atoms with E-state index in [1.165, 1.54) is 7.11 Å². The molecule has 6 heteroatoms. The van der Waals surface area contributed by atoms with Crippen molar-refractivity contribution in [1.29, 1.82) is 0 Å². The van der Waals surface area contributed by atoms with Gasteiger partial charge in [0.05, 0.1) is 25.0 Å². The van der Waals surface area contributed by atoms with Gasteiger partial charge in [0.15, 0.2) is 9.84 Å². The first-order valence-corrected chi connectivity index (χ1v) is 7.33. The van der Waals surface area contributed by atoms with Crippen molar-refractivity contribution in [3.8, 4) is 0 Å². The van der Waals surface area contributed by atoms with Crippen LogP contribution in [0.1, 0.15) is 19.3 Å². The summed E-state index contributed by atoms with van der Waals surface area (Å²) < 4.78 is 27.8. The second-order valence-corrected chi connectivity index (χ2v) is 6.36. The quantitative estimate of drug-likeness (QED) is 0.692. The van der Waals surface area contributed by atoms with Crippen LogP contribution in [0.25, 0.3) is 0 Å². The van der Waals surface area contributed by atoms with Gasteiger partial charge >= 0.3 is 5.97 Å². The van der Waals surface area contributed by atoms with Crippen molar-refractivity contribution in [2.45, 2.75) is 19.3 Å². The van der Waals surface area contributed by atoms with E-state index in [0.29, 0.717) is 0 Å². The molecule has 1 fully saturated rings. The molecule has 0 aromatic carbocycles. The van der Waals surface area contributed by atoms with Crippen LogP contribution in [-0.2, 0) is 19.4 Å². The average molecular weight is 249 g/mol. The summed E-state index contributed by atoms with van der Waals surface area (Å²) in [5.41, 5.74) is 0. The summed E-state index contributed by atoms with van der Waals surface area (Å²) in [5, 5.41) is 3.19. The van der Waals surface area contributed by atoms with Crippen LogP contribution in [0.5, 0.6) is 0 Å². The molecule has 94 valence electrons. The topological polar surface area (TPSA) is 72.5 Å². The van der Waals surface area contributed by atoms with E-state index >= 15 is 0 Å². The molecular formula is C10H19NO4S. The summed E-state index contributed by atoms with van der Waals surface area (Å²) in [6.07, 6.45) is 1.76. The van der Waals surface area contributed by atoms with Gasteiger partial charge in [0.1, 0.15) is 0 Å². The molecule has 0 saturated carbocycles. The lowest BCUT2D eigenvalue weighted by Gasteiger charge is -2.22. The number of esters is 1. The van der Waals surface area contributed by atoms with E-state index in [4.69, 9.17) is 0 Å². The molecule has 16 heavy (non-hydrogen) atoms. The Labute approximate surface area is 96.5 Å². The molecule has 1 rings (SSSR count). The summed E-state index contributed by atoms with van der Waals surface area (Å²) in [4.78, 5) is 10.9. The van der Waals surface area contributed by atoms with Crippen LogP contribution in [0.15, 0.2) is 0 Å². The highest BCUT2D eigenvalue weighted by Gasteiger charge is 2.21. The van der Waals surface area contributed by atoms with E-state index in [9.17, 15) is 13.2 Å². The minimum atomic E-state index is -3.11. The normalized spacial score (nSPS) is 18.3. The van der Waals surface area contributed by atoms with Crippen LogP contribution in [0.4, 0.5) is 0 Å². The molecule has 0 aromatic heterocycles. The Bertz CT molecular complexity index is 320. The molecule has 0 aromatic rings. The van der Waals surface area contributed by atoms with Gasteiger partial charge in [0.2, 0.25) is 0 Å². The fraction of sp³-hybridized carbons (Fsp3) is 0.900. The molecule has 0 amide bonds. The van der Waals surface area contributed by atoms with E-state index in [1.807, 2.05) is 0 Å². The SMILES string of the molecule is COC(=O)CCS(=O)(=O)CC1CCNCC1. The Morgan fingerprint density at radius 1 is 1.38 bits per heavy atom. The first-order valence-electron chi connectivity index (χ1n) is 5.51. The van der Waals surface area contributed by atoms with Gasteiger partial charge in [-0.15, -0.1) is 0 Å². The van der Waals surface area contributed by atoms with Gasteiger partial charge in [-0.05, 0) is 31.8 Å². The molecule has 1 heterocycles. The van der Waals surface area contributed by atoms with Crippen LogP contribution in [0.3, 0.4) is 0 Å². The molecular weight excluding hydrogens is 230 g/mol. The standard InChI is InChI=1S/C10H19NO4S/c1-15-10(12)4-7-16(13,14)8-9-2-5-11-6-3-9/h9,11H,2-8H2,1H3. The number of carbonyl (C=O) groups excluding carboxylic acids is 1. The molecule has 0 spiro atoms. The molecule has 1 saturated heterocycles. The Balaban J connectivity index is 2.35. The zero-order valence-electron chi connectivity index (χ0n) is 9.57. The minimum Gasteiger partial charge on any atom is -0.469 e. The molecule has 5 nitrogen and oxygen atoms in total. The summed E-state index contributed by atoms with van der Waals surface area (Å²) in [6.45, 7) is 1.77. The third-order valence-electron chi connectivity index (χ3n) is 2.79. The smallest absolute Gasteiger partial charge is 0.306 e. The molecule has 1 aliphatic rings. The van der Waals surface area contributed by atoms with E-state index in [-0.39, 0.29) is 23.8 Å². The number of ether oxygens (including phenoxy) is 1. The van der Waals surface area contributed by atoms with Gasteiger partial charge in [-0.2, -0.15) is 0 Å². The van der Waals surface area contributed by atoms with Crippen molar-refractivity contribution in [3.05, 3.63) is 0 Å². The molecule has 0 bridgehead atoms. The third kappa shape index (κ3) is 4.94. The summed E-state index contributed by atoms with van der Waals surface area (Å²) >= 11 is 0. The van der Waals surface area contributed by atoms with Crippen LogP contribution in [0.2, 0.25) is 0 Å². The van der Waals surface area contributed by atoms with E-state index in [2.05, 4.69) is 10.1 Å². The maximum atomic E-state index is 11.7. The molecule has 0 atom stereocenters. The van der Waals surface area contributed by atoms with Gasteiger partial charge in [-0.3, -0.25) is 4.79 Å². The van der Waals surface area contributed by atoms with Crippen LogP contribution < -0.4 is 5.32 Å². The highest BCUT2D eigenvalue weighted by Crippen LogP contribution is 2.15. The number of rotatable bonds is 5. The number of sulfone groups is 1. The Kier molecular flexibility index (Phi) is 5.21.